The quantitative estimate of drug-likeness (QED) is 0.657. The molecule has 0 spiro atoms. The van der Waals surface area contributed by atoms with E-state index in [4.69, 9.17) is 9.72 Å². The molecule has 2 saturated heterocycles. The minimum Gasteiger partial charge on any atom is -0.381 e. The average Bonchev–Trinajstić information content (AvgIpc) is 3.18. The number of thiazole rings is 1. The molecule has 0 N–H and O–H groups in total. The SMILES string of the molecule is CCc1sc(CC(=O)[C@@H]2CCCCN2CC2CCOCC2)nc1-c1ccccc1. The second kappa shape index (κ2) is 9.96. The fourth-order valence-corrected chi connectivity index (χ4v) is 5.68. The summed E-state index contributed by atoms with van der Waals surface area (Å²) in [5.74, 6) is 1.03. The van der Waals surface area contributed by atoms with Crippen molar-refractivity contribution in [3.63, 3.8) is 0 Å². The molecular formula is C24H32N2O2S. The van der Waals surface area contributed by atoms with Gasteiger partial charge in [-0.05, 0) is 44.6 Å². The summed E-state index contributed by atoms with van der Waals surface area (Å²) < 4.78 is 5.51. The van der Waals surface area contributed by atoms with Crippen molar-refractivity contribution in [2.24, 2.45) is 5.92 Å². The summed E-state index contributed by atoms with van der Waals surface area (Å²) in [6.07, 6.45) is 7.05. The standard InChI is InChI=1S/C24H32N2O2S/c1-2-22-24(19-8-4-3-5-9-19)25-23(29-22)16-21(27)20-10-6-7-13-26(20)17-18-11-14-28-15-12-18/h3-5,8-9,18,20H,2,6-7,10-17H2,1H3/t20-/m0/s1. The van der Waals surface area contributed by atoms with Crippen LogP contribution in [0.3, 0.4) is 0 Å². The molecule has 1 aromatic heterocycles. The largest absolute Gasteiger partial charge is 0.381 e. The number of hydrogen-bond acceptors (Lipinski definition) is 5. The monoisotopic (exact) mass is 412 g/mol. The van der Waals surface area contributed by atoms with Crippen LogP contribution in [0.15, 0.2) is 30.3 Å². The van der Waals surface area contributed by atoms with Crippen molar-refractivity contribution in [1.29, 1.82) is 0 Å². The van der Waals surface area contributed by atoms with Crippen LogP contribution in [0.4, 0.5) is 0 Å². The van der Waals surface area contributed by atoms with E-state index in [1.807, 2.05) is 6.07 Å². The topological polar surface area (TPSA) is 42.4 Å². The zero-order valence-electron chi connectivity index (χ0n) is 17.4. The Bertz CT molecular complexity index is 798. The van der Waals surface area contributed by atoms with Gasteiger partial charge in [0.05, 0.1) is 18.2 Å². The van der Waals surface area contributed by atoms with Gasteiger partial charge in [0, 0.05) is 30.2 Å². The molecule has 0 unspecified atom stereocenters. The van der Waals surface area contributed by atoms with E-state index < -0.39 is 0 Å². The molecule has 4 rings (SSSR count). The number of carbonyl (C=O) groups is 1. The van der Waals surface area contributed by atoms with Gasteiger partial charge in [0.15, 0.2) is 5.78 Å². The Morgan fingerprint density at radius 3 is 2.72 bits per heavy atom. The molecule has 156 valence electrons. The summed E-state index contributed by atoms with van der Waals surface area (Å²) in [6.45, 7) is 6.02. The van der Waals surface area contributed by atoms with E-state index >= 15 is 0 Å². The summed E-state index contributed by atoms with van der Waals surface area (Å²) in [4.78, 5) is 21.9. The third-order valence-electron chi connectivity index (χ3n) is 6.25. The molecule has 3 heterocycles. The van der Waals surface area contributed by atoms with Crippen LogP contribution in [0.25, 0.3) is 11.3 Å². The molecule has 5 heteroatoms. The maximum absolute atomic E-state index is 13.3. The summed E-state index contributed by atoms with van der Waals surface area (Å²) in [7, 11) is 0. The number of benzene rings is 1. The molecule has 2 aromatic rings. The number of ether oxygens (including phenoxy) is 1. The minimum atomic E-state index is 0.0701. The van der Waals surface area contributed by atoms with E-state index in [0.717, 1.165) is 74.7 Å². The Hall–Kier alpha value is -1.56. The number of nitrogens with zero attached hydrogens (tertiary/aromatic N) is 2. The van der Waals surface area contributed by atoms with Crippen LogP contribution in [-0.4, -0.2) is 48.0 Å². The van der Waals surface area contributed by atoms with Crippen LogP contribution >= 0.6 is 11.3 Å². The van der Waals surface area contributed by atoms with Crippen LogP contribution < -0.4 is 0 Å². The van der Waals surface area contributed by atoms with Gasteiger partial charge in [-0.3, -0.25) is 9.69 Å². The van der Waals surface area contributed by atoms with Gasteiger partial charge in [0.1, 0.15) is 5.01 Å². The molecule has 1 aromatic carbocycles. The molecule has 0 bridgehead atoms. The molecule has 4 nitrogen and oxygen atoms in total. The van der Waals surface area contributed by atoms with Gasteiger partial charge in [-0.2, -0.15) is 0 Å². The van der Waals surface area contributed by atoms with E-state index in [2.05, 4.69) is 36.1 Å². The molecule has 0 radical (unpaired) electrons. The van der Waals surface area contributed by atoms with E-state index in [-0.39, 0.29) is 6.04 Å². The molecular weight excluding hydrogens is 380 g/mol. The normalized spacial score (nSPS) is 21.3. The molecule has 2 aliphatic rings. The highest BCUT2D eigenvalue weighted by Crippen LogP contribution is 2.30. The molecule has 0 saturated carbocycles. The highest BCUT2D eigenvalue weighted by molar-refractivity contribution is 7.12. The Balaban J connectivity index is 1.45. The predicted molar refractivity (Wildman–Crippen MR) is 118 cm³/mol. The van der Waals surface area contributed by atoms with Crippen LogP contribution in [0.5, 0.6) is 0 Å². The van der Waals surface area contributed by atoms with Gasteiger partial charge in [-0.1, -0.05) is 43.7 Å². The average molecular weight is 413 g/mol. The third-order valence-corrected chi connectivity index (χ3v) is 7.45. The summed E-state index contributed by atoms with van der Waals surface area (Å²) in [6, 6.07) is 10.4. The molecule has 2 fully saturated rings. The maximum Gasteiger partial charge on any atom is 0.156 e. The Labute approximate surface area is 178 Å². The highest BCUT2D eigenvalue weighted by Gasteiger charge is 2.31. The second-order valence-corrected chi connectivity index (χ2v) is 9.47. The van der Waals surface area contributed by atoms with Crippen molar-refractivity contribution < 1.29 is 9.53 Å². The van der Waals surface area contributed by atoms with Gasteiger partial charge < -0.3 is 4.74 Å². The van der Waals surface area contributed by atoms with Crippen molar-refractivity contribution in [2.75, 3.05) is 26.3 Å². The van der Waals surface area contributed by atoms with E-state index in [0.29, 0.717) is 18.1 Å². The first-order valence-electron chi connectivity index (χ1n) is 11.1. The lowest BCUT2D eigenvalue weighted by Crippen LogP contribution is -2.47. The van der Waals surface area contributed by atoms with Crippen LogP contribution in [-0.2, 0) is 22.4 Å². The Morgan fingerprint density at radius 2 is 1.97 bits per heavy atom. The summed E-state index contributed by atoms with van der Waals surface area (Å²) >= 11 is 1.72. The Kier molecular flexibility index (Phi) is 7.11. The first kappa shape index (κ1) is 20.7. The third kappa shape index (κ3) is 5.14. The number of ketones is 1. The smallest absolute Gasteiger partial charge is 0.156 e. The van der Waals surface area contributed by atoms with Crippen molar-refractivity contribution in [1.82, 2.24) is 9.88 Å². The van der Waals surface area contributed by atoms with Crippen LogP contribution in [0.1, 0.15) is 48.9 Å². The first-order valence-corrected chi connectivity index (χ1v) is 11.9. The number of rotatable bonds is 7. The molecule has 29 heavy (non-hydrogen) atoms. The van der Waals surface area contributed by atoms with E-state index in [9.17, 15) is 4.79 Å². The number of piperidine rings is 1. The zero-order chi connectivity index (χ0) is 20.1. The van der Waals surface area contributed by atoms with Crippen molar-refractivity contribution in [3.8, 4) is 11.3 Å². The van der Waals surface area contributed by atoms with Crippen molar-refractivity contribution >= 4 is 17.1 Å². The van der Waals surface area contributed by atoms with Crippen molar-refractivity contribution in [3.05, 3.63) is 40.2 Å². The Morgan fingerprint density at radius 1 is 1.17 bits per heavy atom. The zero-order valence-corrected chi connectivity index (χ0v) is 18.3. The number of carbonyl (C=O) groups excluding carboxylic acids is 1. The van der Waals surface area contributed by atoms with Gasteiger partial charge >= 0.3 is 0 Å². The lowest BCUT2D eigenvalue weighted by atomic mass is 9.93. The van der Waals surface area contributed by atoms with Gasteiger partial charge in [-0.15, -0.1) is 11.3 Å². The van der Waals surface area contributed by atoms with E-state index in [1.54, 1.807) is 11.3 Å². The molecule has 0 aliphatic carbocycles. The molecule has 0 amide bonds. The fourth-order valence-electron chi connectivity index (χ4n) is 4.64. The number of aryl methyl sites for hydroxylation is 1. The lowest BCUT2D eigenvalue weighted by Gasteiger charge is -2.37. The van der Waals surface area contributed by atoms with Gasteiger partial charge in [0.2, 0.25) is 0 Å². The second-order valence-electron chi connectivity index (χ2n) is 8.30. The first-order chi connectivity index (χ1) is 14.2. The van der Waals surface area contributed by atoms with Gasteiger partial charge in [-0.25, -0.2) is 4.98 Å². The molecule has 1 atom stereocenters. The summed E-state index contributed by atoms with van der Waals surface area (Å²) in [5, 5.41) is 0.974. The minimum absolute atomic E-state index is 0.0701. The molecule has 2 aliphatic heterocycles. The van der Waals surface area contributed by atoms with Crippen LogP contribution in [0.2, 0.25) is 0 Å². The maximum atomic E-state index is 13.3. The van der Waals surface area contributed by atoms with E-state index in [1.165, 1.54) is 11.3 Å². The predicted octanol–water partition coefficient (Wildman–Crippen LogP) is 4.77. The lowest BCUT2D eigenvalue weighted by molar-refractivity contribution is -0.125. The number of likely N-dealkylation sites (tertiary alicyclic amines) is 1. The number of Topliss-reactive ketones (excluding diaryl/α,β-unsaturated/α-hetero) is 1. The summed E-state index contributed by atoms with van der Waals surface area (Å²) in [5.41, 5.74) is 2.21. The number of hydrogen-bond donors (Lipinski definition) is 0. The number of aromatic nitrogens is 1. The van der Waals surface area contributed by atoms with Gasteiger partial charge in [0.25, 0.3) is 0 Å². The van der Waals surface area contributed by atoms with Crippen LogP contribution in [0, 0.1) is 5.92 Å². The highest BCUT2D eigenvalue weighted by atomic mass is 32.1. The fraction of sp³-hybridized carbons (Fsp3) is 0.583. The van der Waals surface area contributed by atoms with Crippen molar-refractivity contribution in [2.45, 2.75) is 57.9 Å².